The minimum absolute atomic E-state index is 0.103. The average Bonchev–Trinajstić information content (AvgIpc) is 2.52. The van der Waals surface area contributed by atoms with Crippen LogP contribution in [0.3, 0.4) is 0 Å². The first-order valence-corrected chi connectivity index (χ1v) is 6.73. The Morgan fingerprint density at radius 3 is 2.36 bits per heavy atom. The van der Waals surface area contributed by atoms with Gasteiger partial charge in [-0.25, -0.2) is 4.39 Å². The SMILES string of the molecule is N#Cc1cc(-c2ccc(O)c(F)c2)cc2ccc(O)c(Cl)c12. The van der Waals surface area contributed by atoms with Gasteiger partial charge in [-0.05, 0) is 46.8 Å². The maximum Gasteiger partial charge on any atom is 0.165 e. The summed E-state index contributed by atoms with van der Waals surface area (Å²) in [5.74, 6) is -1.27. The molecule has 3 aromatic rings. The lowest BCUT2D eigenvalue weighted by atomic mass is 9.97. The molecule has 0 saturated heterocycles. The lowest BCUT2D eigenvalue weighted by molar-refractivity contribution is 0.432. The van der Waals surface area contributed by atoms with E-state index in [1.165, 1.54) is 18.2 Å². The summed E-state index contributed by atoms with van der Waals surface area (Å²) in [4.78, 5) is 0. The molecular formula is C17H9ClFNO2. The predicted octanol–water partition coefficient (Wildman–Crippen LogP) is 4.58. The number of nitrogens with zero attached hydrogens (tertiary/aromatic N) is 1. The van der Waals surface area contributed by atoms with Crippen molar-refractivity contribution < 1.29 is 14.6 Å². The Kier molecular flexibility index (Phi) is 3.36. The zero-order valence-electron chi connectivity index (χ0n) is 11.1. The summed E-state index contributed by atoms with van der Waals surface area (Å²) in [7, 11) is 0. The zero-order valence-corrected chi connectivity index (χ0v) is 11.9. The van der Waals surface area contributed by atoms with Crippen LogP contribution >= 0.6 is 11.6 Å². The minimum atomic E-state index is -0.736. The zero-order chi connectivity index (χ0) is 15.9. The van der Waals surface area contributed by atoms with Crippen molar-refractivity contribution in [3.63, 3.8) is 0 Å². The first-order chi connectivity index (χ1) is 10.5. The second-order valence-electron chi connectivity index (χ2n) is 4.80. The summed E-state index contributed by atoms with van der Waals surface area (Å²) >= 11 is 6.06. The molecule has 0 bridgehead atoms. The highest BCUT2D eigenvalue weighted by Gasteiger charge is 2.12. The number of phenolic OH excluding ortho intramolecular Hbond substituents is 2. The molecule has 0 aliphatic rings. The Balaban J connectivity index is 2.31. The fourth-order valence-corrected chi connectivity index (χ4v) is 2.63. The van der Waals surface area contributed by atoms with Gasteiger partial charge in [-0.15, -0.1) is 0 Å². The second kappa shape index (κ2) is 5.21. The highest BCUT2D eigenvalue weighted by Crippen LogP contribution is 2.37. The van der Waals surface area contributed by atoms with E-state index in [2.05, 4.69) is 0 Å². The Labute approximate surface area is 130 Å². The summed E-state index contributed by atoms with van der Waals surface area (Å²) in [5, 5.41) is 29.5. The van der Waals surface area contributed by atoms with Crippen LogP contribution in [0.2, 0.25) is 5.02 Å². The van der Waals surface area contributed by atoms with Gasteiger partial charge >= 0.3 is 0 Å². The summed E-state index contributed by atoms with van der Waals surface area (Å²) in [6.45, 7) is 0. The number of hydrogen-bond acceptors (Lipinski definition) is 3. The molecule has 3 nitrogen and oxygen atoms in total. The molecule has 0 fully saturated rings. The van der Waals surface area contributed by atoms with Gasteiger partial charge in [-0.1, -0.05) is 23.7 Å². The molecule has 0 aliphatic heterocycles. The molecule has 0 aromatic heterocycles. The monoisotopic (exact) mass is 313 g/mol. The summed E-state index contributed by atoms with van der Waals surface area (Å²) in [6, 6.07) is 12.4. The number of aromatic hydroxyl groups is 2. The van der Waals surface area contributed by atoms with Crippen LogP contribution < -0.4 is 0 Å². The quantitative estimate of drug-likeness (QED) is 0.691. The third-order valence-corrected chi connectivity index (χ3v) is 3.82. The van der Waals surface area contributed by atoms with Crippen molar-refractivity contribution >= 4 is 22.4 Å². The number of benzene rings is 3. The number of halogens is 2. The molecule has 22 heavy (non-hydrogen) atoms. The van der Waals surface area contributed by atoms with E-state index in [-0.39, 0.29) is 16.3 Å². The maximum absolute atomic E-state index is 13.5. The number of phenols is 2. The van der Waals surface area contributed by atoms with Crippen molar-refractivity contribution in [2.45, 2.75) is 0 Å². The normalized spacial score (nSPS) is 10.6. The smallest absolute Gasteiger partial charge is 0.165 e. The summed E-state index contributed by atoms with van der Waals surface area (Å²) < 4.78 is 13.5. The molecule has 0 radical (unpaired) electrons. The molecule has 0 amide bonds. The van der Waals surface area contributed by atoms with Crippen LogP contribution in [0.5, 0.6) is 11.5 Å². The molecule has 3 rings (SSSR count). The standard InChI is InChI=1S/C17H9ClFNO2/c18-17-15(22)4-2-10-5-11(6-12(8-20)16(10)17)9-1-3-14(21)13(19)7-9/h1-7,21-22H. The third kappa shape index (κ3) is 2.22. The van der Waals surface area contributed by atoms with Crippen LogP contribution in [0.1, 0.15) is 5.56 Å². The number of nitriles is 1. The lowest BCUT2D eigenvalue weighted by Gasteiger charge is -2.09. The fraction of sp³-hybridized carbons (Fsp3) is 0. The molecule has 0 saturated carbocycles. The van der Waals surface area contributed by atoms with Crippen LogP contribution in [0.4, 0.5) is 4.39 Å². The van der Waals surface area contributed by atoms with Crippen LogP contribution in [-0.4, -0.2) is 10.2 Å². The molecule has 3 aromatic carbocycles. The predicted molar refractivity (Wildman–Crippen MR) is 82.4 cm³/mol. The molecule has 0 aliphatic carbocycles. The van der Waals surface area contributed by atoms with Gasteiger partial charge in [0.2, 0.25) is 0 Å². The Hall–Kier alpha value is -2.77. The van der Waals surface area contributed by atoms with Gasteiger partial charge in [0.1, 0.15) is 5.75 Å². The first-order valence-electron chi connectivity index (χ1n) is 6.35. The summed E-state index contributed by atoms with van der Waals surface area (Å²) in [6.07, 6.45) is 0. The molecular weight excluding hydrogens is 305 g/mol. The fourth-order valence-electron chi connectivity index (χ4n) is 2.35. The summed E-state index contributed by atoms with van der Waals surface area (Å²) in [5.41, 5.74) is 1.42. The topological polar surface area (TPSA) is 64.2 Å². The third-order valence-electron chi connectivity index (χ3n) is 3.44. The molecule has 2 N–H and O–H groups in total. The van der Waals surface area contributed by atoms with E-state index in [0.29, 0.717) is 21.9 Å². The van der Waals surface area contributed by atoms with E-state index in [1.807, 2.05) is 6.07 Å². The van der Waals surface area contributed by atoms with Gasteiger partial charge < -0.3 is 10.2 Å². The van der Waals surface area contributed by atoms with E-state index in [4.69, 9.17) is 11.6 Å². The van der Waals surface area contributed by atoms with Crippen molar-refractivity contribution in [1.82, 2.24) is 0 Å². The molecule has 0 spiro atoms. The van der Waals surface area contributed by atoms with Crippen LogP contribution in [0.15, 0.2) is 42.5 Å². The van der Waals surface area contributed by atoms with Crippen LogP contribution in [0, 0.1) is 17.1 Å². The Bertz CT molecular complexity index is 948. The maximum atomic E-state index is 13.5. The van der Waals surface area contributed by atoms with Gasteiger partial charge in [0.25, 0.3) is 0 Å². The lowest BCUT2D eigenvalue weighted by Crippen LogP contribution is -1.87. The van der Waals surface area contributed by atoms with Gasteiger partial charge in [-0.2, -0.15) is 5.26 Å². The van der Waals surface area contributed by atoms with Crippen molar-refractivity contribution in [2.24, 2.45) is 0 Å². The number of rotatable bonds is 1. The Morgan fingerprint density at radius 2 is 1.68 bits per heavy atom. The van der Waals surface area contributed by atoms with E-state index >= 15 is 0 Å². The number of hydrogen-bond donors (Lipinski definition) is 2. The van der Waals surface area contributed by atoms with E-state index < -0.39 is 11.6 Å². The molecule has 0 unspecified atom stereocenters. The Morgan fingerprint density at radius 1 is 0.955 bits per heavy atom. The minimum Gasteiger partial charge on any atom is -0.506 e. The van der Waals surface area contributed by atoms with Crippen molar-refractivity contribution in [2.75, 3.05) is 0 Å². The van der Waals surface area contributed by atoms with Crippen molar-refractivity contribution in [1.29, 1.82) is 5.26 Å². The van der Waals surface area contributed by atoms with Crippen LogP contribution in [0.25, 0.3) is 21.9 Å². The van der Waals surface area contributed by atoms with Gasteiger partial charge in [-0.3, -0.25) is 0 Å². The van der Waals surface area contributed by atoms with E-state index in [9.17, 15) is 19.9 Å². The highest BCUT2D eigenvalue weighted by atomic mass is 35.5. The molecule has 5 heteroatoms. The van der Waals surface area contributed by atoms with Gasteiger partial charge in [0.05, 0.1) is 16.7 Å². The second-order valence-corrected chi connectivity index (χ2v) is 5.18. The first kappa shape index (κ1) is 14.2. The highest BCUT2D eigenvalue weighted by molar-refractivity contribution is 6.37. The molecule has 0 heterocycles. The molecule has 108 valence electrons. The van der Waals surface area contributed by atoms with E-state index in [0.717, 1.165) is 0 Å². The van der Waals surface area contributed by atoms with Crippen molar-refractivity contribution in [3.8, 4) is 28.7 Å². The largest absolute Gasteiger partial charge is 0.506 e. The number of fused-ring (bicyclic) bond motifs is 1. The molecule has 0 atom stereocenters. The van der Waals surface area contributed by atoms with Gasteiger partial charge in [0, 0.05) is 5.39 Å². The van der Waals surface area contributed by atoms with E-state index in [1.54, 1.807) is 24.3 Å². The average molecular weight is 314 g/mol. The van der Waals surface area contributed by atoms with Crippen molar-refractivity contribution in [3.05, 3.63) is 58.9 Å². The van der Waals surface area contributed by atoms with Gasteiger partial charge in [0.15, 0.2) is 11.6 Å². The van der Waals surface area contributed by atoms with Crippen LogP contribution in [-0.2, 0) is 0 Å².